The molecule has 0 unspecified atom stereocenters. The van der Waals surface area contributed by atoms with Crippen molar-refractivity contribution in [1.82, 2.24) is 10.2 Å². The number of nitrogens with zero attached hydrogens (tertiary/aromatic N) is 1. The molecule has 0 saturated carbocycles. The van der Waals surface area contributed by atoms with Crippen molar-refractivity contribution in [3.05, 3.63) is 64.2 Å². The van der Waals surface area contributed by atoms with Crippen LogP contribution in [0.4, 0.5) is 5.69 Å². The molecule has 4 atom stereocenters. The molecule has 8 nitrogen and oxygen atoms in total. The number of nitrogens with one attached hydrogen (secondary N) is 2. The normalized spacial score (nSPS) is 27.8. The van der Waals surface area contributed by atoms with Gasteiger partial charge in [-0.25, -0.2) is 0 Å². The Morgan fingerprint density at radius 1 is 1.15 bits per heavy atom. The number of fused-ring (bicyclic) bond motifs is 4. The van der Waals surface area contributed by atoms with E-state index in [-0.39, 0.29) is 13.0 Å². The van der Waals surface area contributed by atoms with E-state index in [1.807, 2.05) is 37.3 Å². The van der Waals surface area contributed by atoms with Crippen LogP contribution < -0.4 is 16.4 Å². The zero-order valence-corrected chi connectivity index (χ0v) is 18.7. The third-order valence-electron chi connectivity index (χ3n) is 6.90. The number of aryl methyl sites for hydroxylation is 1. The number of likely N-dealkylation sites (tertiary alicyclic amines) is 1. The molecule has 2 aromatic rings. The lowest BCUT2D eigenvalue weighted by Gasteiger charge is -2.29. The minimum atomic E-state index is -1.50. The summed E-state index contributed by atoms with van der Waals surface area (Å²) in [5, 5.41) is 6.32. The summed E-state index contributed by atoms with van der Waals surface area (Å²) in [6.07, 6.45) is 0.322. The summed E-state index contributed by atoms with van der Waals surface area (Å²) in [5.41, 5.74) is 6.70. The molecule has 3 heterocycles. The van der Waals surface area contributed by atoms with Crippen LogP contribution in [0.25, 0.3) is 0 Å². The Morgan fingerprint density at radius 3 is 2.58 bits per heavy atom. The number of hydrogen-bond donors (Lipinski definition) is 3. The Bertz CT molecular complexity index is 1200. The number of nitrogens with two attached hydrogens (primary N) is 1. The van der Waals surface area contributed by atoms with E-state index in [9.17, 15) is 19.2 Å². The van der Waals surface area contributed by atoms with Gasteiger partial charge in [0.25, 0.3) is 0 Å². The number of rotatable bonds is 5. The molecule has 2 aromatic carbocycles. The molecule has 3 aliphatic heterocycles. The molecule has 1 spiro atoms. The predicted octanol–water partition coefficient (Wildman–Crippen LogP) is 1.49. The molecule has 2 fully saturated rings. The molecular weight excluding hydrogens is 444 g/mol. The largest absolute Gasteiger partial charge is 0.370 e. The summed E-state index contributed by atoms with van der Waals surface area (Å²) in [5.74, 6) is -3.77. The van der Waals surface area contributed by atoms with E-state index in [2.05, 4.69) is 10.6 Å². The Morgan fingerprint density at radius 2 is 1.88 bits per heavy atom. The number of carbonyl (C=O) groups excluding carboxylic acids is 4. The van der Waals surface area contributed by atoms with Crippen molar-refractivity contribution >= 4 is 40.9 Å². The summed E-state index contributed by atoms with van der Waals surface area (Å²) in [7, 11) is 0. The second kappa shape index (κ2) is 7.67. The fourth-order valence-corrected chi connectivity index (χ4v) is 5.87. The average Bonchev–Trinajstić information content (AvgIpc) is 3.33. The maximum Gasteiger partial charge on any atom is 0.250 e. The summed E-state index contributed by atoms with van der Waals surface area (Å²) >= 11 is 6.40. The molecule has 3 aliphatic rings. The highest BCUT2D eigenvalue weighted by molar-refractivity contribution is 6.35. The van der Waals surface area contributed by atoms with Gasteiger partial charge in [-0.2, -0.15) is 0 Å². The van der Waals surface area contributed by atoms with Crippen molar-refractivity contribution in [3.63, 3.8) is 0 Å². The molecule has 0 radical (unpaired) electrons. The molecule has 9 heteroatoms. The first-order valence-corrected chi connectivity index (χ1v) is 11.2. The van der Waals surface area contributed by atoms with Crippen LogP contribution >= 0.6 is 11.6 Å². The first-order valence-electron chi connectivity index (χ1n) is 10.8. The Balaban J connectivity index is 1.57. The maximum absolute atomic E-state index is 13.7. The van der Waals surface area contributed by atoms with Gasteiger partial charge in [-0.05, 0) is 30.5 Å². The molecule has 4 N–H and O–H groups in total. The van der Waals surface area contributed by atoms with Crippen LogP contribution in [0.3, 0.4) is 0 Å². The number of hydrogen-bond acceptors (Lipinski definition) is 5. The summed E-state index contributed by atoms with van der Waals surface area (Å²) in [6.45, 7) is 2.03. The molecule has 0 aliphatic carbocycles. The number of benzene rings is 2. The van der Waals surface area contributed by atoms with Gasteiger partial charge in [0.05, 0.1) is 22.5 Å². The first kappa shape index (κ1) is 21.6. The van der Waals surface area contributed by atoms with Crippen LogP contribution in [-0.2, 0) is 31.1 Å². The van der Waals surface area contributed by atoms with Gasteiger partial charge < -0.3 is 11.1 Å². The van der Waals surface area contributed by atoms with Crippen molar-refractivity contribution in [3.8, 4) is 0 Å². The number of imide groups is 1. The summed E-state index contributed by atoms with van der Waals surface area (Å²) < 4.78 is 0. The molecule has 5 rings (SSSR count). The second-order valence-corrected chi connectivity index (χ2v) is 9.33. The standard InChI is InChI=1S/C24H23ClN4O4/c1-12-9-14-20(15(25)10-12)27-23(33)24(14)19-18(16(28-24)11-17(26)30)21(31)29(22(19)32)8-7-13-5-3-2-4-6-13/h2-6,9-10,16,18-19,28H,7-8,11H2,1H3,(H2,26,30)(H,27,33)/t16-,18+,19-,24-/m0/s1. The van der Waals surface area contributed by atoms with Gasteiger partial charge >= 0.3 is 0 Å². The maximum atomic E-state index is 13.7. The Labute approximate surface area is 195 Å². The number of primary amides is 1. The van der Waals surface area contributed by atoms with Crippen LogP contribution in [0.5, 0.6) is 0 Å². The predicted molar refractivity (Wildman–Crippen MR) is 121 cm³/mol. The van der Waals surface area contributed by atoms with Gasteiger partial charge in [0.15, 0.2) is 0 Å². The van der Waals surface area contributed by atoms with Crippen LogP contribution in [0, 0.1) is 18.8 Å². The van der Waals surface area contributed by atoms with Gasteiger partial charge in [-0.15, -0.1) is 0 Å². The van der Waals surface area contributed by atoms with Crippen molar-refractivity contribution in [2.45, 2.75) is 31.3 Å². The third-order valence-corrected chi connectivity index (χ3v) is 7.20. The van der Waals surface area contributed by atoms with Gasteiger partial charge in [0.1, 0.15) is 5.54 Å². The fourth-order valence-electron chi connectivity index (χ4n) is 5.55. The van der Waals surface area contributed by atoms with Gasteiger partial charge in [0, 0.05) is 24.6 Å². The van der Waals surface area contributed by atoms with E-state index in [4.69, 9.17) is 17.3 Å². The van der Waals surface area contributed by atoms with E-state index in [1.54, 1.807) is 12.1 Å². The molecule has 0 aromatic heterocycles. The fraction of sp³-hybridized carbons (Fsp3) is 0.333. The Kier molecular flexibility index (Phi) is 5.02. The van der Waals surface area contributed by atoms with Gasteiger partial charge in [-0.1, -0.05) is 48.0 Å². The van der Waals surface area contributed by atoms with Crippen LogP contribution in [-0.4, -0.2) is 41.1 Å². The summed E-state index contributed by atoms with van der Waals surface area (Å²) in [4.78, 5) is 53.6. The van der Waals surface area contributed by atoms with Gasteiger partial charge in [-0.3, -0.25) is 29.4 Å². The van der Waals surface area contributed by atoms with Gasteiger partial charge in [0.2, 0.25) is 23.6 Å². The highest BCUT2D eigenvalue weighted by Gasteiger charge is 2.70. The van der Waals surface area contributed by atoms with Crippen LogP contribution in [0.2, 0.25) is 5.02 Å². The van der Waals surface area contributed by atoms with Crippen molar-refractivity contribution in [1.29, 1.82) is 0 Å². The minimum Gasteiger partial charge on any atom is -0.370 e. The number of amides is 4. The summed E-state index contributed by atoms with van der Waals surface area (Å²) in [6, 6.07) is 12.3. The quantitative estimate of drug-likeness (QED) is 0.576. The molecular formula is C24H23ClN4O4. The molecule has 170 valence electrons. The van der Waals surface area contributed by atoms with E-state index in [0.29, 0.717) is 22.7 Å². The van der Waals surface area contributed by atoms with Crippen LogP contribution in [0.1, 0.15) is 23.1 Å². The van der Waals surface area contributed by atoms with Crippen molar-refractivity contribution < 1.29 is 19.2 Å². The Hall–Kier alpha value is -3.23. The van der Waals surface area contributed by atoms with E-state index < -0.39 is 47.0 Å². The van der Waals surface area contributed by atoms with E-state index in [0.717, 1.165) is 11.1 Å². The third kappa shape index (κ3) is 3.16. The SMILES string of the molecule is Cc1cc(Cl)c2c(c1)[C@@]1(N[C@@H](CC(N)=O)[C@H]3C(=O)N(CCc4ccccc4)C(=O)[C@H]31)C(=O)N2. The topological polar surface area (TPSA) is 122 Å². The van der Waals surface area contributed by atoms with Crippen LogP contribution in [0.15, 0.2) is 42.5 Å². The number of carbonyl (C=O) groups is 4. The first-order chi connectivity index (χ1) is 15.7. The average molecular weight is 467 g/mol. The van der Waals surface area contributed by atoms with E-state index >= 15 is 0 Å². The highest BCUT2D eigenvalue weighted by atomic mass is 35.5. The number of halogens is 1. The molecule has 4 amide bonds. The molecule has 2 saturated heterocycles. The van der Waals surface area contributed by atoms with Crippen molar-refractivity contribution in [2.75, 3.05) is 11.9 Å². The zero-order valence-electron chi connectivity index (χ0n) is 17.9. The second-order valence-electron chi connectivity index (χ2n) is 8.92. The minimum absolute atomic E-state index is 0.170. The highest BCUT2D eigenvalue weighted by Crippen LogP contribution is 2.54. The lowest BCUT2D eigenvalue weighted by Crippen LogP contribution is -2.53. The lowest BCUT2D eigenvalue weighted by molar-refractivity contribution is -0.142. The smallest absolute Gasteiger partial charge is 0.250 e. The lowest BCUT2D eigenvalue weighted by atomic mass is 9.76. The van der Waals surface area contributed by atoms with E-state index in [1.165, 1.54) is 4.90 Å². The van der Waals surface area contributed by atoms with Crippen molar-refractivity contribution in [2.24, 2.45) is 17.6 Å². The number of anilines is 1. The molecule has 0 bridgehead atoms. The monoisotopic (exact) mass is 466 g/mol. The molecule has 33 heavy (non-hydrogen) atoms. The zero-order chi connectivity index (χ0) is 23.5.